The zero-order chi connectivity index (χ0) is 23.7. The molecule has 0 radical (unpaired) electrons. The number of aryl methyl sites for hydroxylation is 1. The van der Waals surface area contributed by atoms with E-state index in [1.54, 1.807) is 14.0 Å². The number of fused-ring (bicyclic) bond motifs is 2. The zero-order valence-corrected chi connectivity index (χ0v) is 19.6. The standard InChI is InChI=1S/C26H28N4O4/c1-16-10-18-11-20(4-5-22(18)29-16)34-26-21-12-24(32-3)25(13-23(21)27-15-28-26)33-19-6-8-30(9-7-19)14-17(2)31/h4-5,10-13,15,19,29H,6-9,14H2,1-3H3. The van der Waals surface area contributed by atoms with E-state index in [0.29, 0.717) is 35.2 Å². The Labute approximate surface area is 197 Å². The first-order valence-corrected chi connectivity index (χ1v) is 11.5. The average Bonchev–Trinajstić information content (AvgIpc) is 3.19. The van der Waals surface area contributed by atoms with E-state index in [9.17, 15) is 4.79 Å². The van der Waals surface area contributed by atoms with Crippen molar-refractivity contribution in [1.82, 2.24) is 19.9 Å². The maximum atomic E-state index is 11.4. The zero-order valence-electron chi connectivity index (χ0n) is 19.6. The number of hydrogen-bond donors (Lipinski definition) is 1. The summed E-state index contributed by atoms with van der Waals surface area (Å²) in [6, 6.07) is 11.7. The van der Waals surface area contributed by atoms with Gasteiger partial charge in [-0.2, -0.15) is 0 Å². The van der Waals surface area contributed by atoms with Crippen LogP contribution in [0.5, 0.6) is 23.1 Å². The van der Waals surface area contributed by atoms with Gasteiger partial charge in [0.25, 0.3) is 0 Å². The van der Waals surface area contributed by atoms with Crippen LogP contribution in [0.3, 0.4) is 0 Å². The lowest BCUT2D eigenvalue weighted by Crippen LogP contribution is -2.40. The number of rotatable bonds is 7. The van der Waals surface area contributed by atoms with Gasteiger partial charge in [-0.3, -0.25) is 9.69 Å². The molecule has 0 atom stereocenters. The number of nitrogens with one attached hydrogen (secondary N) is 1. The highest BCUT2D eigenvalue weighted by Crippen LogP contribution is 2.37. The number of Topliss-reactive ketones (excluding diaryl/α,β-unsaturated/α-hetero) is 1. The second-order valence-corrected chi connectivity index (χ2v) is 8.80. The van der Waals surface area contributed by atoms with Crippen LogP contribution in [0.25, 0.3) is 21.8 Å². The van der Waals surface area contributed by atoms with Crippen molar-refractivity contribution in [3.05, 3.63) is 48.4 Å². The Bertz CT molecular complexity index is 1340. The van der Waals surface area contributed by atoms with E-state index in [1.165, 1.54) is 6.33 Å². The molecule has 1 aliphatic rings. The lowest BCUT2D eigenvalue weighted by atomic mass is 10.1. The van der Waals surface area contributed by atoms with Crippen molar-refractivity contribution in [3.63, 3.8) is 0 Å². The molecule has 3 heterocycles. The molecule has 1 fully saturated rings. The second kappa shape index (κ2) is 9.30. The van der Waals surface area contributed by atoms with E-state index < -0.39 is 0 Å². The predicted molar refractivity (Wildman–Crippen MR) is 130 cm³/mol. The van der Waals surface area contributed by atoms with Gasteiger partial charge in [-0.25, -0.2) is 9.97 Å². The van der Waals surface area contributed by atoms with Crippen molar-refractivity contribution in [2.45, 2.75) is 32.8 Å². The van der Waals surface area contributed by atoms with Crippen LogP contribution in [0.2, 0.25) is 0 Å². The molecule has 0 spiro atoms. The van der Waals surface area contributed by atoms with Gasteiger partial charge in [-0.1, -0.05) is 0 Å². The number of hydrogen-bond acceptors (Lipinski definition) is 7. The molecule has 1 N–H and O–H groups in total. The van der Waals surface area contributed by atoms with Gasteiger partial charge >= 0.3 is 0 Å². The van der Waals surface area contributed by atoms with Crippen LogP contribution in [0.1, 0.15) is 25.5 Å². The Morgan fingerprint density at radius 3 is 2.71 bits per heavy atom. The quantitative estimate of drug-likeness (QED) is 0.429. The normalized spacial score (nSPS) is 15.0. The first-order valence-electron chi connectivity index (χ1n) is 11.5. The van der Waals surface area contributed by atoms with Gasteiger partial charge in [0.05, 0.1) is 24.6 Å². The molecule has 0 aliphatic carbocycles. The topological polar surface area (TPSA) is 89.6 Å². The van der Waals surface area contributed by atoms with Gasteiger partial charge in [0, 0.05) is 35.8 Å². The van der Waals surface area contributed by atoms with E-state index in [2.05, 4.69) is 25.9 Å². The molecule has 5 rings (SSSR count). The van der Waals surface area contributed by atoms with Crippen molar-refractivity contribution in [1.29, 1.82) is 0 Å². The summed E-state index contributed by atoms with van der Waals surface area (Å²) in [5.41, 5.74) is 2.88. The summed E-state index contributed by atoms with van der Waals surface area (Å²) >= 11 is 0. The van der Waals surface area contributed by atoms with Crippen LogP contribution >= 0.6 is 0 Å². The Kier molecular flexibility index (Phi) is 6.06. The minimum absolute atomic E-state index is 0.0589. The average molecular weight is 461 g/mol. The monoisotopic (exact) mass is 460 g/mol. The number of carbonyl (C=O) groups is 1. The molecule has 2 aromatic heterocycles. The van der Waals surface area contributed by atoms with Crippen molar-refractivity contribution in [2.75, 3.05) is 26.7 Å². The van der Waals surface area contributed by atoms with E-state index in [-0.39, 0.29) is 11.9 Å². The second-order valence-electron chi connectivity index (χ2n) is 8.80. The number of aromatic amines is 1. The van der Waals surface area contributed by atoms with E-state index >= 15 is 0 Å². The van der Waals surface area contributed by atoms with Crippen molar-refractivity contribution in [2.24, 2.45) is 0 Å². The molecule has 4 aromatic rings. The van der Waals surface area contributed by atoms with E-state index in [4.69, 9.17) is 14.2 Å². The highest BCUT2D eigenvalue weighted by atomic mass is 16.5. The summed E-state index contributed by atoms with van der Waals surface area (Å²) in [5.74, 6) is 2.60. The Hall–Kier alpha value is -3.65. The van der Waals surface area contributed by atoms with Crippen LogP contribution in [-0.2, 0) is 4.79 Å². The lowest BCUT2D eigenvalue weighted by molar-refractivity contribution is -0.118. The molecule has 2 aromatic carbocycles. The fourth-order valence-corrected chi connectivity index (χ4v) is 4.48. The van der Waals surface area contributed by atoms with Crippen molar-refractivity contribution < 1.29 is 19.0 Å². The molecule has 0 amide bonds. The van der Waals surface area contributed by atoms with E-state index in [1.807, 2.05) is 37.3 Å². The molecule has 8 heteroatoms. The molecule has 8 nitrogen and oxygen atoms in total. The first-order chi connectivity index (χ1) is 16.5. The number of methoxy groups -OCH3 is 1. The fraction of sp³-hybridized carbons (Fsp3) is 0.346. The van der Waals surface area contributed by atoms with Crippen LogP contribution in [0, 0.1) is 6.92 Å². The molecular formula is C26H28N4O4. The smallest absolute Gasteiger partial charge is 0.230 e. The molecule has 1 aliphatic heterocycles. The summed E-state index contributed by atoms with van der Waals surface area (Å²) in [5, 5.41) is 1.82. The van der Waals surface area contributed by atoms with Crippen LogP contribution < -0.4 is 14.2 Å². The number of likely N-dealkylation sites (tertiary alicyclic amines) is 1. The van der Waals surface area contributed by atoms with Gasteiger partial charge in [0.1, 0.15) is 24.0 Å². The SMILES string of the molecule is COc1cc2c(Oc3ccc4[nH]c(C)cc4c3)ncnc2cc1OC1CCN(CC(C)=O)CC1. The number of carbonyl (C=O) groups excluding carboxylic acids is 1. The molecule has 0 saturated carbocycles. The fourth-order valence-electron chi connectivity index (χ4n) is 4.48. The third kappa shape index (κ3) is 4.68. The Balaban J connectivity index is 1.38. The Morgan fingerprint density at radius 1 is 1.12 bits per heavy atom. The number of ketones is 1. The molecule has 0 unspecified atom stereocenters. The minimum Gasteiger partial charge on any atom is -0.493 e. The summed E-state index contributed by atoms with van der Waals surface area (Å²) in [4.78, 5) is 25.7. The summed E-state index contributed by atoms with van der Waals surface area (Å²) < 4.78 is 18.1. The van der Waals surface area contributed by atoms with Crippen LogP contribution in [0.15, 0.2) is 42.7 Å². The maximum Gasteiger partial charge on any atom is 0.230 e. The maximum absolute atomic E-state index is 11.4. The number of aromatic nitrogens is 3. The number of benzene rings is 2. The van der Waals surface area contributed by atoms with Crippen LogP contribution in [0.4, 0.5) is 0 Å². The third-order valence-corrected chi connectivity index (χ3v) is 6.10. The van der Waals surface area contributed by atoms with Crippen molar-refractivity contribution in [3.8, 4) is 23.1 Å². The molecule has 176 valence electrons. The third-order valence-electron chi connectivity index (χ3n) is 6.10. The number of ether oxygens (including phenoxy) is 3. The highest BCUT2D eigenvalue weighted by molar-refractivity contribution is 5.87. The van der Waals surface area contributed by atoms with Gasteiger partial charge < -0.3 is 19.2 Å². The number of H-pyrrole nitrogens is 1. The molecule has 1 saturated heterocycles. The molecular weight excluding hydrogens is 432 g/mol. The largest absolute Gasteiger partial charge is 0.493 e. The summed E-state index contributed by atoms with van der Waals surface area (Å²) in [6.45, 7) is 5.83. The van der Waals surface area contributed by atoms with E-state index in [0.717, 1.165) is 47.9 Å². The van der Waals surface area contributed by atoms with Crippen LogP contribution in [-0.4, -0.2) is 58.5 Å². The predicted octanol–water partition coefficient (Wildman–Crippen LogP) is 4.65. The minimum atomic E-state index is 0.0589. The first kappa shape index (κ1) is 22.2. The van der Waals surface area contributed by atoms with Gasteiger partial charge in [-0.15, -0.1) is 0 Å². The lowest BCUT2D eigenvalue weighted by Gasteiger charge is -2.31. The van der Waals surface area contributed by atoms with Gasteiger partial charge in [0.15, 0.2) is 11.5 Å². The highest BCUT2D eigenvalue weighted by Gasteiger charge is 2.23. The van der Waals surface area contributed by atoms with Gasteiger partial charge in [-0.05, 0) is 57.0 Å². The number of piperidine rings is 1. The molecule has 0 bridgehead atoms. The van der Waals surface area contributed by atoms with Crippen molar-refractivity contribution >= 4 is 27.6 Å². The van der Waals surface area contributed by atoms with Gasteiger partial charge in [0.2, 0.25) is 5.88 Å². The summed E-state index contributed by atoms with van der Waals surface area (Å²) in [7, 11) is 1.62. The Morgan fingerprint density at radius 2 is 1.94 bits per heavy atom. The summed E-state index contributed by atoms with van der Waals surface area (Å²) in [6.07, 6.45) is 3.26. The molecule has 34 heavy (non-hydrogen) atoms. The number of nitrogens with zero attached hydrogens (tertiary/aromatic N) is 3.